The molecular formula is C16H18N2O3. The number of amides is 1. The van der Waals surface area contributed by atoms with Crippen LogP contribution in [-0.4, -0.2) is 16.7 Å². The first kappa shape index (κ1) is 14.8. The second kappa shape index (κ2) is 5.83. The number of pyridine rings is 1. The Morgan fingerprint density at radius 3 is 2.38 bits per heavy atom. The fourth-order valence-electron chi connectivity index (χ4n) is 1.84. The topological polar surface area (TPSA) is 71.2 Å². The Morgan fingerprint density at radius 1 is 1.10 bits per heavy atom. The van der Waals surface area contributed by atoms with Crippen LogP contribution in [0.1, 0.15) is 20.8 Å². The third-order valence-electron chi connectivity index (χ3n) is 2.63. The molecule has 1 amide bonds. The van der Waals surface area contributed by atoms with Crippen molar-refractivity contribution < 1.29 is 9.53 Å². The molecule has 1 aromatic heterocycles. The molecule has 0 spiro atoms. The van der Waals surface area contributed by atoms with E-state index in [-0.39, 0.29) is 5.56 Å². The molecule has 5 heteroatoms. The Bertz CT molecular complexity index is 685. The van der Waals surface area contributed by atoms with E-state index < -0.39 is 11.7 Å². The standard InChI is InChI=1S/C16H18N2O3/c1-16(2,3)21-15(20)18-14-12(9-10-13(19)17-14)11-7-5-4-6-8-11/h4-10H,1-3H3,(H2,17,18,19,20). The molecule has 1 heterocycles. The maximum atomic E-state index is 11.9. The zero-order valence-corrected chi connectivity index (χ0v) is 12.3. The van der Waals surface area contributed by atoms with Gasteiger partial charge >= 0.3 is 6.09 Å². The van der Waals surface area contributed by atoms with Crippen LogP contribution in [-0.2, 0) is 4.74 Å². The lowest BCUT2D eigenvalue weighted by atomic mass is 10.1. The molecule has 0 saturated carbocycles. The number of rotatable bonds is 2. The van der Waals surface area contributed by atoms with Crippen molar-refractivity contribution >= 4 is 11.9 Å². The Kier molecular flexibility index (Phi) is 4.12. The number of benzene rings is 1. The molecule has 0 bridgehead atoms. The average molecular weight is 286 g/mol. The predicted octanol–water partition coefficient (Wildman–Crippen LogP) is 3.39. The van der Waals surface area contributed by atoms with Gasteiger partial charge in [-0.2, -0.15) is 0 Å². The number of H-pyrrole nitrogens is 1. The largest absolute Gasteiger partial charge is 0.444 e. The van der Waals surface area contributed by atoms with Gasteiger partial charge < -0.3 is 9.72 Å². The van der Waals surface area contributed by atoms with Gasteiger partial charge in [0.05, 0.1) is 0 Å². The van der Waals surface area contributed by atoms with E-state index in [9.17, 15) is 9.59 Å². The normalized spacial score (nSPS) is 11.0. The van der Waals surface area contributed by atoms with Crippen LogP contribution in [0.3, 0.4) is 0 Å². The second-order valence-corrected chi connectivity index (χ2v) is 5.60. The zero-order chi connectivity index (χ0) is 15.5. The molecule has 0 aliphatic heterocycles. The van der Waals surface area contributed by atoms with Gasteiger partial charge in [-0.05, 0) is 32.4 Å². The summed E-state index contributed by atoms with van der Waals surface area (Å²) in [5.41, 5.74) is 0.716. The Morgan fingerprint density at radius 2 is 1.76 bits per heavy atom. The molecule has 2 aromatic rings. The van der Waals surface area contributed by atoms with Crippen molar-refractivity contribution in [1.29, 1.82) is 0 Å². The van der Waals surface area contributed by atoms with Crippen molar-refractivity contribution in [2.75, 3.05) is 5.32 Å². The highest BCUT2D eigenvalue weighted by atomic mass is 16.6. The van der Waals surface area contributed by atoms with E-state index in [4.69, 9.17) is 4.74 Å². The molecule has 0 saturated heterocycles. The van der Waals surface area contributed by atoms with Crippen LogP contribution in [0.15, 0.2) is 47.3 Å². The van der Waals surface area contributed by atoms with Gasteiger partial charge in [-0.25, -0.2) is 4.79 Å². The van der Waals surface area contributed by atoms with Crippen molar-refractivity contribution in [2.24, 2.45) is 0 Å². The number of hydrogen-bond acceptors (Lipinski definition) is 3. The van der Waals surface area contributed by atoms with Crippen LogP contribution in [0, 0.1) is 0 Å². The van der Waals surface area contributed by atoms with Gasteiger partial charge in [-0.3, -0.25) is 10.1 Å². The first-order valence-electron chi connectivity index (χ1n) is 6.64. The molecule has 0 aliphatic carbocycles. The van der Waals surface area contributed by atoms with Crippen molar-refractivity contribution in [3.8, 4) is 11.1 Å². The summed E-state index contributed by atoms with van der Waals surface area (Å²) in [7, 11) is 0. The predicted molar refractivity (Wildman–Crippen MR) is 82.4 cm³/mol. The number of carbonyl (C=O) groups excluding carboxylic acids is 1. The molecule has 2 N–H and O–H groups in total. The van der Waals surface area contributed by atoms with Crippen LogP contribution >= 0.6 is 0 Å². The molecule has 21 heavy (non-hydrogen) atoms. The third kappa shape index (κ3) is 4.21. The maximum absolute atomic E-state index is 11.9. The molecule has 0 aliphatic rings. The molecule has 0 fully saturated rings. The number of nitrogens with one attached hydrogen (secondary N) is 2. The minimum absolute atomic E-state index is 0.291. The summed E-state index contributed by atoms with van der Waals surface area (Å²) in [6, 6.07) is 12.6. The fourth-order valence-corrected chi connectivity index (χ4v) is 1.84. The summed E-state index contributed by atoms with van der Waals surface area (Å²) in [6.45, 7) is 5.33. The van der Waals surface area contributed by atoms with E-state index in [1.165, 1.54) is 6.07 Å². The summed E-state index contributed by atoms with van der Waals surface area (Å²) in [4.78, 5) is 26.0. The lowest BCUT2D eigenvalue weighted by Gasteiger charge is -2.20. The van der Waals surface area contributed by atoms with E-state index in [2.05, 4.69) is 10.3 Å². The van der Waals surface area contributed by atoms with Gasteiger partial charge in [0.1, 0.15) is 11.4 Å². The molecule has 1 aromatic carbocycles. The van der Waals surface area contributed by atoms with E-state index in [0.29, 0.717) is 5.82 Å². The third-order valence-corrected chi connectivity index (χ3v) is 2.63. The highest BCUT2D eigenvalue weighted by Crippen LogP contribution is 2.25. The highest BCUT2D eigenvalue weighted by Gasteiger charge is 2.17. The van der Waals surface area contributed by atoms with Crippen LogP contribution in [0.2, 0.25) is 0 Å². The lowest BCUT2D eigenvalue weighted by Crippen LogP contribution is -2.28. The fraction of sp³-hybridized carbons (Fsp3) is 0.250. The second-order valence-electron chi connectivity index (χ2n) is 5.60. The zero-order valence-electron chi connectivity index (χ0n) is 12.3. The minimum atomic E-state index is -0.610. The van der Waals surface area contributed by atoms with Crippen molar-refractivity contribution in [3.63, 3.8) is 0 Å². The summed E-state index contributed by atoms with van der Waals surface area (Å²) in [5.74, 6) is 0.322. The Labute approximate surface area is 123 Å². The molecule has 0 radical (unpaired) electrons. The van der Waals surface area contributed by atoms with Crippen molar-refractivity contribution in [1.82, 2.24) is 4.98 Å². The van der Waals surface area contributed by atoms with Gasteiger partial charge in [-0.1, -0.05) is 30.3 Å². The number of aromatic amines is 1. The van der Waals surface area contributed by atoms with Gasteiger partial charge in [-0.15, -0.1) is 0 Å². The average Bonchev–Trinajstić information content (AvgIpc) is 2.37. The van der Waals surface area contributed by atoms with E-state index in [1.807, 2.05) is 30.3 Å². The Balaban J connectivity index is 2.33. The lowest BCUT2D eigenvalue weighted by molar-refractivity contribution is 0.0635. The first-order valence-corrected chi connectivity index (χ1v) is 6.64. The minimum Gasteiger partial charge on any atom is -0.444 e. The van der Waals surface area contributed by atoms with Crippen molar-refractivity contribution in [2.45, 2.75) is 26.4 Å². The van der Waals surface area contributed by atoms with Gasteiger partial charge in [0.25, 0.3) is 0 Å². The van der Waals surface area contributed by atoms with Gasteiger partial charge in [0, 0.05) is 11.6 Å². The van der Waals surface area contributed by atoms with Crippen LogP contribution in [0.25, 0.3) is 11.1 Å². The number of ether oxygens (including phenoxy) is 1. The Hall–Kier alpha value is -2.56. The van der Waals surface area contributed by atoms with Gasteiger partial charge in [0.2, 0.25) is 5.56 Å². The van der Waals surface area contributed by atoms with Crippen molar-refractivity contribution in [3.05, 3.63) is 52.8 Å². The van der Waals surface area contributed by atoms with Gasteiger partial charge in [0.15, 0.2) is 0 Å². The monoisotopic (exact) mass is 286 g/mol. The summed E-state index contributed by atoms with van der Waals surface area (Å²) >= 11 is 0. The number of anilines is 1. The van der Waals surface area contributed by atoms with Crippen LogP contribution in [0.5, 0.6) is 0 Å². The number of aromatic nitrogens is 1. The van der Waals surface area contributed by atoms with E-state index in [0.717, 1.165) is 11.1 Å². The summed E-state index contributed by atoms with van der Waals surface area (Å²) in [6.07, 6.45) is -0.610. The quantitative estimate of drug-likeness (QED) is 0.889. The number of carbonyl (C=O) groups is 1. The molecular weight excluding hydrogens is 268 g/mol. The smallest absolute Gasteiger partial charge is 0.413 e. The van der Waals surface area contributed by atoms with Crippen LogP contribution in [0.4, 0.5) is 10.6 Å². The maximum Gasteiger partial charge on any atom is 0.413 e. The molecule has 5 nitrogen and oxygen atoms in total. The summed E-state index contributed by atoms with van der Waals surface area (Å²) < 4.78 is 5.20. The molecule has 110 valence electrons. The van der Waals surface area contributed by atoms with Crippen LogP contribution < -0.4 is 10.9 Å². The number of hydrogen-bond donors (Lipinski definition) is 2. The summed E-state index contributed by atoms with van der Waals surface area (Å²) in [5, 5.41) is 2.59. The molecule has 0 atom stereocenters. The molecule has 2 rings (SSSR count). The SMILES string of the molecule is CC(C)(C)OC(=O)Nc1[nH]c(=O)ccc1-c1ccccc1. The highest BCUT2D eigenvalue weighted by molar-refractivity contribution is 5.89. The molecule has 0 unspecified atom stereocenters. The van der Waals surface area contributed by atoms with E-state index in [1.54, 1.807) is 26.8 Å². The first-order chi connectivity index (χ1) is 9.85. The van der Waals surface area contributed by atoms with E-state index >= 15 is 0 Å².